The average molecular weight is 434 g/mol. The molecule has 8 nitrogen and oxygen atoms in total. The van der Waals surface area contributed by atoms with Crippen LogP contribution in [-0.4, -0.2) is 59.0 Å². The number of carbonyl (C=O) groups excluding carboxylic acids is 2. The summed E-state index contributed by atoms with van der Waals surface area (Å²) >= 11 is 0. The molecule has 3 aromatic rings. The van der Waals surface area contributed by atoms with Gasteiger partial charge < -0.3 is 15.1 Å². The van der Waals surface area contributed by atoms with E-state index in [1.165, 1.54) is 10.9 Å². The van der Waals surface area contributed by atoms with Crippen molar-refractivity contribution in [3.63, 3.8) is 0 Å². The highest BCUT2D eigenvalue weighted by Crippen LogP contribution is 2.15. The first-order valence-electron chi connectivity index (χ1n) is 10.8. The molecule has 0 bridgehead atoms. The molecule has 1 aromatic heterocycles. The molecule has 166 valence electrons. The fraction of sp³-hybridized carbons (Fsp3) is 0.333. The molecule has 0 saturated carbocycles. The molecule has 1 saturated heterocycles. The number of hydrogen-bond donors (Lipinski definition) is 1. The number of amides is 2. The van der Waals surface area contributed by atoms with Gasteiger partial charge in [-0.3, -0.25) is 19.0 Å². The third-order valence-corrected chi connectivity index (χ3v) is 5.83. The number of carbonyl (C=O) groups is 2. The predicted octanol–water partition coefficient (Wildman–Crippen LogP) is 1.56. The zero-order valence-electron chi connectivity index (χ0n) is 18.2. The molecule has 0 unspecified atom stereocenters. The first-order valence-corrected chi connectivity index (χ1v) is 10.8. The lowest BCUT2D eigenvalue weighted by molar-refractivity contribution is -0.133. The van der Waals surface area contributed by atoms with E-state index in [1.54, 1.807) is 11.0 Å². The Balaban J connectivity index is 1.24. The van der Waals surface area contributed by atoms with Crippen LogP contribution in [-0.2, 0) is 16.1 Å². The topological polar surface area (TPSA) is 87.5 Å². The number of piperazine rings is 1. The first kappa shape index (κ1) is 21.5. The minimum absolute atomic E-state index is 0.0335. The maximum atomic E-state index is 12.6. The Morgan fingerprint density at radius 1 is 1.00 bits per heavy atom. The van der Waals surface area contributed by atoms with Gasteiger partial charge in [-0.2, -0.15) is 0 Å². The molecule has 4 rings (SSSR count). The van der Waals surface area contributed by atoms with E-state index >= 15 is 0 Å². The van der Waals surface area contributed by atoms with E-state index in [0.29, 0.717) is 24.0 Å². The van der Waals surface area contributed by atoms with Crippen molar-refractivity contribution in [3.8, 4) is 0 Å². The van der Waals surface area contributed by atoms with Gasteiger partial charge in [-0.1, -0.05) is 30.3 Å². The molecule has 32 heavy (non-hydrogen) atoms. The number of aryl methyl sites for hydroxylation is 2. The largest absolute Gasteiger partial charge is 0.368 e. The smallest absolute Gasteiger partial charge is 0.261 e. The number of para-hydroxylation sites is 2. The molecule has 1 aliphatic rings. The van der Waals surface area contributed by atoms with Crippen LogP contribution in [0.3, 0.4) is 0 Å². The molecule has 0 spiro atoms. The highest BCUT2D eigenvalue weighted by atomic mass is 16.2. The predicted molar refractivity (Wildman–Crippen MR) is 124 cm³/mol. The quantitative estimate of drug-likeness (QED) is 0.638. The second-order valence-corrected chi connectivity index (χ2v) is 7.94. The van der Waals surface area contributed by atoms with Crippen molar-refractivity contribution in [3.05, 3.63) is 70.8 Å². The number of nitrogens with zero attached hydrogens (tertiary/aromatic N) is 4. The third-order valence-electron chi connectivity index (χ3n) is 5.83. The lowest BCUT2D eigenvalue weighted by Crippen LogP contribution is -2.51. The monoisotopic (exact) mass is 433 g/mol. The highest BCUT2D eigenvalue weighted by Gasteiger charge is 2.21. The summed E-state index contributed by atoms with van der Waals surface area (Å²) in [7, 11) is 0. The minimum atomic E-state index is -0.266. The lowest BCUT2D eigenvalue weighted by atomic mass is 10.1. The first-order chi connectivity index (χ1) is 15.5. The van der Waals surface area contributed by atoms with Gasteiger partial charge in [0.15, 0.2) is 0 Å². The molecule has 1 N–H and O–H groups in total. The van der Waals surface area contributed by atoms with Crippen LogP contribution >= 0.6 is 0 Å². The van der Waals surface area contributed by atoms with Crippen LogP contribution in [0.2, 0.25) is 0 Å². The van der Waals surface area contributed by atoms with Crippen LogP contribution in [0.1, 0.15) is 12.0 Å². The molecule has 1 aliphatic heterocycles. The maximum Gasteiger partial charge on any atom is 0.261 e. The number of benzene rings is 2. The maximum absolute atomic E-state index is 12.6. The van der Waals surface area contributed by atoms with Gasteiger partial charge in [0.1, 0.15) is 0 Å². The van der Waals surface area contributed by atoms with E-state index in [1.807, 2.05) is 37.3 Å². The van der Waals surface area contributed by atoms with Gasteiger partial charge >= 0.3 is 0 Å². The van der Waals surface area contributed by atoms with Gasteiger partial charge in [0.25, 0.3) is 5.56 Å². The van der Waals surface area contributed by atoms with Crippen LogP contribution in [0.4, 0.5) is 5.69 Å². The second-order valence-electron chi connectivity index (χ2n) is 7.94. The average Bonchev–Trinajstić information content (AvgIpc) is 2.83. The molecular formula is C24H27N5O3. The highest BCUT2D eigenvalue weighted by molar-refractivity contribution is 5.85. The van der Waals surface area contributed by atoms with Crippen LogP contribution < -0.4 is 15.8 Å². The normalized spacial score (nSPS) is 13.9. The number of hydrogen-bond acceptors (Lipinski definition) is 5. The van der Waals surface area contributed by atoms with Crippen LogP contribution in [0.15, 0.2) is 59.7 Å². The van der Waals surface area contributed by atoms with Gasteiger partial charge in [0, 0.05) is 44.8 Å². The zero-order chi connectivity index (χ0) is 22.5. The summed E-state index contributed by atoms with van der Waals surface area (Å²) in [4.78, 5) is 45.7. The van der Waals surface area contributed by atoms with E-state index in [2.05, 4.69) is 27.3 Å². The molecule has 2 aromatic carbocycles. The molecule has 0 aliphatic carbocycles. The Labute approximate surface area is 186 Å². The van der Waals surface area contributed by atoms with Gasteiger partial charge in [-0.05, 0) is 30.7 Å². The summed E-state index contributed by atoms with van der Waals surface area (Å²) in [5.41, 5.74) is 2.60. The SMILES string of the molecule is Cc1cccc2c(=O)n(CCC(=O)NCC(=O)N3CCN(c4ccccc4)CC3)cnc12. The van der Waals surface area contributed by atoms with Crippen LogP contribution in [0.5, 0.6) is 0 Å². The minimum Gasteiger partial charge on any atom is -0.368 e. The number of fused-ring (bicyclic) bond motifs is 1. The third kappa shape index (κ3) is 4.80. The van der Waals surface area contributed by atoms with Gasteiger partial charge in [-0.25, -0.2) is 4.98 Å². The van der Waals surface area contributed by atoms with Gasteiger partial charge in [0.05, 0.1) is 23.8 Å². The molecule has 8 heteroatoms. The van der Waals surface area contributed by atoms with Crippen LogP contribution in [0.25, 0.3) is 10.9 Å². The summed E-state index contributed by atoms with van der Waals surface area (Å²) in [6.45, 7) is 4.87. The molecule has 1 fully saturated rings. The summed E-state index contributed by atoms with van der Waals surface area (Å²) in [6, 6.07) is 15.6. The second kappa shape index (κ2) is 9.64. The van der Waals surface area contributed by atoms with Crippen molar-refractivity contribution in [2.24, 2.45) is 0 Å². The molecular weight excluding hydrogens is 406 g/mol. The Morgan fingerprint density at radius 2 is 1.75 bits per heavy atom. The Bertz CT molecular complexity index is 1170. The Hall–Kier alpha value is -3.68. The zero-order valence-corrected chi connectivity index (χ0v) is 18.2. The van der Waals surface area contributed by atoms with Gasteiger partial charge in [-0.15, -0.1) is 0 Å². The van der Waals surface area contributed by atoms with E-state index in [0.717, 1.165) is 24.3 Å². The Morgan fingerprint density at radius 3 is 2.50 bits per heavy atom. The van der Waals surface area contributed by atoms with E-state index in [9.17, 15) is 14.4 Å². The van der Waals surface area contributed by atoms with Crippen molar-refractivity contribution < 1.29 is 9.59 Å². The van der Waals surface area contributed by atoms with Crippen molar-refractivity contribution in [1.82, 2.24) is 19.8 Å². The number of rotatable bonds is 6. The molecule has 0 radical (unpaired) electrons. The Kier molecular flexibility index (Phi) is 6.49. The van der Waals surface area contributed by atoms with Crippen LogP contribution in [0, 0.1) is 6.92 Å². The summed E-state index contributed by atoms with van der Waals surface area (Å²) in [5.74, 6) is -0.358. The summed E-state index contributed by atoms with van der Waals surface area (Å²) in [5, 5.41) is 3.22. The standard InChI is InChI=1S/C24H27N5O3/c1-18-6-5-9-20-23(18)26-17-29(24(20)32)11-10-21(30)25-16-22(31)28-14-12-27(13-15-28)19-7-3-2-4-8-19/h2-9,17H,10-16H2,1H3,(H,25,30). The van der Waals surface area contributed by atoms with Crippen molar-refractivity contribution in [2.75, 3.05) is 37.6 Å². The number of anilines is 1. The summed E-state index contributed by atoms with van der Waals surface area (Å²) in [6.07, 6.45) is 1.58. The molecule has 2 amide bonds. The van der Waals surface area contributed by atoms with E-state index < -0.39 is 0 Å². The van der Waals surface area contributed by atoms with E-state index in [4.69, 9.17) is 0 Å². The fourth-order valence-corrected chi connectivity index (χ4v) is 3.95. The molecule has 0 atom stereocenters. The molecule has 2 heterocycles. The van der Waals surface area contributed by atoms with Crippen molar-refractivity contribution in [1.29, 1.82) is 0 Å². The summed E-state index contributed by atoms with van der Waals surface area (Å²) < 4.78 is 1.44. The van der Waals surface area contributed by atoms with Gasteiger partial charge in [0.2, 0.25) is 11.8 Å². The number of aromatic nitrogens is 2. The fourth-order valence-electron chi connectivity index (χ4n) is 3.95. The van der Waals surface area contributed by atoms with Crippen molar-refractivity contribution >= 4 is 28.4 Å². The van der Waals surface area contributed by atoms with E-state index in [-0.39, 0.29) is 36.9 Å². The lowest BCUT2D eigenvalue weighted by Gasteiger charge is -2.36. The number of nitrogens with one attached hydrogen (secondary N) is 1. The van der Waals surface area contributed by atoms with Crippen molar-refractivity contribution in [2.45, 2.75) is 19.9 Å².